The monoisotopic (exact) mass is 263 g/mol. The lowest BCUT2D eigenvalue weighted by molar-refractivity contribution is 0.388. The van der Waals surface area contributed by atoms with Crippen molar-refractivity contribution in [3.63, 3.8) is 0 Å². The van der Waals surface area contributed by atoms with Crippen molar-refractivity contribution in [2.75, 3.05) is 0 Å². The minimum Gasteiger partial charge on any atom is -0.296 e. The highest BCUT2D eigenvalue weighted by atomic mass is 16.5. The lowest BCUT2D eigenvalue weighted by Gasteiger charge is -1.94. The SMILES string of the molecule is O=c1[nH]c(-c2ccc(C#Cc3ccccn3)cc2)no1. The van der Waals surface area contributed by atoms with Crippen LogP contribution < -0.4 is 5.76 Å². The molecule has 1 N–H and O–H groups in total. The van der Waals surface area contributed by atoms with E-state index < -0.39 is 5.76 Å². The van der Waals surface area contributed by atoms with Crippen LogP contribution in [0.1, 0.15) is 11.3 Å². The van der Waals surface area contributed by atoms with Crippen LogP contribution in [0, 0.1) is 11.8 Å². The maximum atomic E-state index is 10.9. The largest absolute Gasteiger partial charge is 0.439 e. The molecule has 0 saturated carbocycles. The summed E-state index contributed by atoms with van der Waals surface area (Å²) in [6.45, 7) is 0. The molecule has 0 fully saturated rings. The maximum absolute atomic E-state index is 10.9. The van der Waals surface area contributed by atoms with E-state index in [0.29, 0.717) is 5.82 Å². The van der Waals surface area contributed by atoms with Gasteiger partial charge in [0.15, 0.2) is 5.82 Å². The van der Waals surface area contributed by atoms with Crippen LogP contribution in [0.15, 0.2) is 58.0 Å². The first-order chi connectivity index (χ1) is 9.81. The van der Waals surface area contributed by atoms with E-state index in [9.17, 15) is 4.79 Å². The zero-order valence-electron chi connectivity index (χ0n) is 10.3. The molecule has 0 bridgehead atoms. The van der Waals surface area contributed by atoms with Gasteiger partial charge < -0.3 is 0 Å². The summed E-state index contributed by atoms with van der Waals surface area (Å²) >= 11 is 0. The zero-order valence-corrected chi connectivity index (χ0v) is 10.3. The molecule has 0 aliphatic heterocycles. The predicted molar refractivity (Wildman–Crippen MR) is 72.8 cm³/mol. The molecule has 0 aliphatic rings. The highest BCUT2D eigenvalue weighted by molar-refractivity contribution is 5.56. The van der Waals surface area contributed by atoms with Gasteiger partial charge in [-0.1, -0.05) is 17.1 Å². The van der Waals surface area contributed by atoms with E-state index in [2.05, 4.69) is 31.5 Å². The summed E-state index contributed by atoms with van der Waals surface area (Å²) in [7, 11) is 0. The van der Waals surface area contributed by atoms with Crippen molar-refractivity contribution >= 4 is 0 Å². The quantitative estimate of drug-likeness (QED) is 0.680. The molecular weight excluding hydrogens is 254 g/mol. The molecule has 0 atom stereocenters. The van der Waals surface area contributed by atoms with E-state index in [1.165, 1.54) is 0 Å². The van der Waals surface area contributed by atoms with Gasteiger partial charge in [0.2, 0.25) is 0 Å². The van der Waals surface area contributed by atoms with Crippen molar-refractivity contribution in [3.05, 3.63) is 70.5 Å². The van der Waals surface area contributed by atoms with Crippen LogP contribution in [0.5, 0.6) is 0 Å². The van der Waals surface area contributed by atoms with Crippen LogP contribution >= 0.6 is 0 Å². The third-order valence-corrected chi connectivity index (χ3v) is 2.60. The molecule has 5 nitrogen and oxygen atoms in total. The minimum absolute atomic E-state index is 0.402. The summed E-state index contributed by atoms with van der Waals surface area (Å²) in [6.07, 6.45) is 1.70. The smallest absolute Gasteiger partial charge is 0.296 e. The first kappa shape index (κ1) is 11.9. The fraction of sp³-hybridized carbons (Fsp3) is 0. The number of hydrogen-bond donors (Lipinski definition) is 1. The van der Waals surface area contributed by atoms with E-state index in [0.717, 1.165) is 16.8 Å². The molecule has 3 rings (SSSR count). The van der Waals surface area contributed by atoms with Crippen LogP contribution in [0.4, 0.5) is 0 Å². The molecule has 20 heavy (non-hydrogen) atoms. The summed E-state index contributed by atoms with van der Waals surface area (Å²) < 4.78 is 4.46. The van der Waals surface area contributed by atoms with Gasteiger partial charge in [0, 0.05) is 17.3 Å². The molecule has 0 spiro atoms. The number of rotatable bonds is 1. The molecule has 5 heteroatoms. The second-order valence-corrected chi connectivity index (χ2v) is 3.99. The Kier molecular flexibility index (Phi) is 3.13. The van der Waals surface area contributed by atoms with Gasteiger partial charge in [0.05, 0.1) is 0 Å². The van der Waals surface area contributed by atoms with Gasteiger partial charge in [-0.15, -0.1) is 0 Å². The first-order valence-electron chi connectivity index (χ1n) is 5.91. The van der Waals surface area contributed by atoms with Crippen molar-refractivity contribution in [3.8, 4) is 23.2 Å². The highest BCUT2D eigenvalue weighted by Gasteiger charge is 2.02. The Bertz CT molecular complexity index is 821. The first-order valence-corrected chi connectivity index (χ1v) is 5.91. The van der Waals surface area contributed by atoms with Crippen molar-refractivity contribution in [1.82, 2.24) is 15.1 Å². The molecule has 2 heterocycles. The topological polar surface area (TPSA) is 71.8 Å². The average molecular weight is 263 g/mol. The fourth-order valence-electron chi connectivity index (χ4n) is 1.64. The molecule has 0 unspecified atom stereocenters. The normalized spacial score (nSPS) is 9.80. The average Bonchev–Trinajstić information content (AvgIpc) is 2.93. The molecule has 0 aliphatic carbocycles. The summed E-state index contributed by atoms with van der Waals surface area (Å²) in [5.74, 6) is 5.82. The van der Waals surface area contributed by atoms with Gasteiger partial charge in [-0.2, -0.15) is 0 Å². The van der Waals surface area contributed by atoms with E-state index in [4.69, 9.17) is 0 Å². The van der Waals surface area contributed by atoms with Crippen LogP contribution in [0.3, 0.4) is 0 Å². The summed E-state index contributed by atoms with van der Waals surface area (Å²) in [6, 6.07) is 12.9. The summed E-state index contributed by atoms with van der Waals surface area (Å²) in [5.41, 5.74) is 2.34. The molecule has 0 saturated heterocycles. The Morgan fingerprint density at radius 3 is 2.55 bits per heavy atom. The number of H-pyrrole nitrogens is 1. The molecular formula is C15H9N3O2. The Balaban J connectivity index is 1.84. The lowest BCUT2D eigenvalue weighted by atomic mass is 10.1. The van der Waals surface area contributed by atoms with Gasteiger partial charge in [0.1, 0.15) is 5.69 Å². The summed E-state index contributed by atoms with van der Waals surface area (Å²) in [4.78, 5) is 17.5. The molecule has 96 valence electrons. The highest BCUT2D eigenvalue weighted by Crippen LogP contribution is 2.13. The van der Waals surface area contributed by atoms with Crippen molar-refractivity contribution in [2.24, 2.45) is 0 Å². The van der Waals surface area contributed by atoms with Gasteiger partial charge in [0.25, 0.3) is 0 Å². The molecule has 1 aromatic carbocycles. The van der Waals surface area contributed by atoms with Crippen LogP contribution in [0.2, 0.25) is 0 Å². The van der Waals surface area contributed by atoms with E-state index in [1.54, 1.807) is 6.20 Å². The third kappa shape index (κ3) is 2.65. The van der Waals surface area contributed by atoms with Crippen molar-refractivity contribution in [2.45, 2.75) is 0 Å². The van der Waals surface area contributed by atoms with Crippen molar-refractivity contribution in [1.29, 1.82) is 0 Å². The standard InChI is InChI=1S/C15H9N3O2/c19-15-17-14(18-20-15)12-7-4-11(5-8-12)6-9-13-3-1-2-10-16-13/h1-5,7-8,10H,(H,17,18,19). The number of aromatic amines is 1. The van der Waals surface area contributed by atoms with E-state index in [1.807, 2.05) is 42.5 Å². The fourth-order valence-corrected chi connectivity index (χ4v) is 1.64. The van der Waals surface area contributed by atoms with Crippen LogP contribution in [-0.2, 0) is 0 Å². The zero-order chi connectivity index (χ0) is 13.8. The van der Waals surface area contributed by atoms with Gasteiger partial charge in [-0.3, -0.25) is 9.51 Å². The van der Waals surface area contributed by atoms with Gasteiger partial charge in [-0.05, 0) is 42.3 Å². The molecule has 2 aromatic heterocycles. The second-order valence-electron chi connectivity index (χ2n) is 3.99. The second kappa shape index (κ2) is 5.24. The third-order valence-electron chi connectivity index (χ3n) is 2.60. The number of nitrogens with zero attached hydrogens (tertiary/aromatic N) is 2. The Labute approximate surface area is 114 Å². The van der Waals surface area contributed by atoms with Crippen LogP contribution in [0.25, 0.3) is 11.4 Å². The van der Waals surface area contributed by atoms with Gasteiger partial charge in [-0.25, -0.2) is 9.78 Å². The number of nitrogens with one attached hydrogen (secondary N) is 1. The summed E-state index contributed by atoms with van der Waals surface area (Å²) in [5, 5.41) is 3.62. The Morgan fingerprint density at radius 2 is 1.90 bits per heavy atom. The Hall–Kier alpha value is -3.13. The van der Waals surface area contributed by atoms with Crippen molar-refractivity contribution < 1.29 is 4.52 Å². The molecule has 0 radical (unpaired) electrons. The number of benzene rings is 1. The number of hydrogen-bond acceptors (Lipinski definition) is 4. The maximum Gasteiger partial charge on any atom is 0.439 e. The van der Waals surface area contributed by atoms with E-state index >= 15 is 0 Å². The van der Waals surface area contributed by atoms with Gasteiger partial charge >= 0.3 is 5.76 Å². The molecule has 3 aromatic rings. The predicted octanol–water partition coefficient (Wildman–Crippen LogP) is 1.82. The van der Waals surface area contributed by atoms with Crippen LogP contribution in [-0.4, -0.2) is 15.1 Å². The molecule has 0 amide bonds. The minimum atomic E-state index is -0.570. The number of aromatic nitrogens is 3. The van der Waals surface area contributed by atoms with E-state index in [-0.39, 0.29) is 0 Å². The number of pyridine rings is 1. The Morgan fingerprint density at radius 1 is 1.05 bits per heavy atom. The lowest BCUT2D eigenvalue weighted by Crippen LogP contribution is -1.94.